The molecule has 2 aromatic rings. The topological polar surface area (TPSA) is 35.2 Å². The molecule has 20 heavy (non-hydrogen) atoms. The molecule has 0 aliphatic rings. The van der Waals surface area contributed by atoms with E-state index in [-0.39, 0.29) is 6.04 Å². The standard InChI is InChI=1S/C17H20BrNO/c1-3-13-5-4-6-16(10-13)20-17-8-7-15(18)11-14(17)9-12(2)19/h4-8,10-12H,3,9,19H2,1-2H3. The van der Waals surface area contributed by atoms with E-state index in [4.69, 9.17) is 10.5 Å². The zero-order valence-electron chi connectivity index (χ0n) is 11.9. The average molecular weight is 334 g/mol. The Hall–Kier alpha value is -1.32. The molecule has 2 rings (SSSR count). The summed E-state index contributed by atoms with van der Waals surface area (Å²) in [5, 5.41) is 0. The second-order valence-corrected chi connectivity index (χ2v) is 5.95. The van der Waals surface area contributed by atoms with Crippen molar-refractivity contribution in [3.63, 3.8) is 0 Å². The lowest BCUT2D eigenvalue weighted by Crippen LogP contribution is -2.18. The van der Waals surface area contributed by atoms with Gasteiger partial charge in [-0.2, -0.15) is 0 Å². The van der Waals surface area contributed by atoms with Crippen LogP contribution in [0.2, 0.25) is 0 Å². The third kappa shape index (κ3) is 4.09. The predicted molar refractivity (Wildman–Crippen MR) is 87.4 cm³/mol. The van der Waals surface area contributed by atoms with Gasteiger partial charge in [-0.3, -0.25) is 0 Å². The highest BCUT2D eigenvalue weighted by atomic mass is 79.9. The number of nitrogens with two attached hydrogens (primary N) is 1. The molecular weight excluding hydrogens is 314 g/mol. The van der Waals surface area contributed by atoms with Crippen molar-refractivity contribution >= 4 is 15.9 Å². The molecule has 0 fully saturated rings. The molecule has 1 atom stereocenters. The van der Waals surface area contributed by atoms with Crippen molar-refractivity contribution in [3.8, 4) is 11.5 Å². The first-order valence-electron chi connectivity index (χ1n) is 6.89. The predicted octanol–water partition coefficient (Wildman–Crippen LogP) is 4.69. The van der Waals surface area contributed by atoms with Crippen molar-refractivity contribution in [2.24, 2.45) is 5.73 Å². The fourth-order valence-electron chi connectivity index (χ4n) is 2.11. The summed E-state index contributed by atoms with van der Waals surface area (Å²) < 4.78 is 7.08. The summed E-state index contributed by atoms with van der Waals surface area (Å²) in [5.74, 6) is 1.75. The number of hydrogen-bond acceptors (Lipinski definition) is 2. The highest BCUT2D eigenvalue weighted by Crippen LogP contribution is 2.29. The fraction of sp³-hybridized carbons (Fsp3) is 0.294. The Morgan fingerprint density at radius 3 is 2.70 bits per heavy atom. The maximum absolute atomic E-state index is 6.03. The monoisotopic (exact) mass is 333 g/mol. The highest BCUT2D eigenvalue weighted by Gasteiger charge is 2.08. The lowest BCUT2D eigenvalue weighted by molar-refractivity contribution is 0.473. The van der Waals surface area contributed by atoms with E-state index in [1.807, 2.05) is 31.2 Å². The molecule has 0 aliphatic carbocycles. The van der Waals surface area contributed by atoms with Gasteiger partial charge in [-0.1, -0.05) is 35.0 Å². The van der Waals surface area contributed by atoms with Crippen LogP contribution in [0, 0.1) is 0 Å². The van der Waals surface area contributed by atoms with E-state index in [1.54, 1.807) is 0 Å². The Labute approximate surface area is 129 Å². The molecule has 1 unspecified atom stereocenters. The van der Waals surface area contributed by atoms with Crippen LogP contribution in [0.15, 0.2) is 46.9 Å². The Kier molecular flexibility index (Phi) is 5.21. The second kappa shape index (κ2) is 6.91. The largest absolute Gasteiger partial charge is 0.457 e. The van der Waals surface area contributed by atoms with E-state index < -0.39 is 0 Å². The van der Waals surface area contributed by atoms with Gasteiger partial charge in [0.1, 0.15) is 11.5 Å². The van der Waals surface area contributed by atoms with Gasteiger partial charge in [0, 0.05) is 10.5 Å². The summed E-state index contributed by atoms with van der Waals surface area (Å²) in [6, 6.07) is 14.4. The van der Waals surface area contributed by atoms with Gasteiger partial charge in [-0.25, -0.2) is 0 Å². The molecule has 2 nitrogen and oxygen atoms in total. The summed E-state index contributed by atoms with van der Waals surface area (Å²) in [4.78, 5) is 0. The van der Waals surface area contributed by atoms with Gasteiger partial charge >= 0.3 is 0 Å². The van der Waals surface area contributed by atoms with E-state index in [0.29, 0.717) is 0 Å². The van der Waals surface area contributed by atoms with E-state index in [0.717, 1.165) is 34.4 Å². The van der Waals surface area contributed by atoms with Crippen molar-refractivity contribution in [1.82, 2.24) is 0 Å². The lowest BCUT2D eigenvalue weighted by atomic mass is 10.1. The van der Waals surface area contributed by atoms with Crippen LogP contribution >= 0.6 is 15.9 Å². The number of benzene rings is 2. The summed E-state index contributed by atoms with van der Waals surface area (Å²) in [6.07, 6.45) is 1.80. The molecule has 0 aliphatic heterocycles. The van der Waals surface area contributed by atoms with E-state index in [2.05, 4.69) is 41.1 Å². The van der Waals surface area contributed by atoms with Gasteiger partial charge in [-0.15, -0.1) is 0 Å². The van der Waals surface area contributed by atoms with Crippen molar-refractivity contribution in [1.29, 1.82) is 0 Å². The Morgan fingerprint density at radius 2 is 2.00 bits per heavy atom. The van der Waals surface area contributed by atoms with Crippen molar-refractivity contribution in [2.75, 3.05) is 0 Å². The number of hydrogen-bond donors (Lipinski definition) is 1. The molecule has 0 saturated carbocycles. The smallest absolute Gasteiger partial charge is 0.130 e. The number of halogens is 1. The summed E-state index contributed by atoms with van der Waals surface area (Å²) >= 11 is 3.50. The van der Waals surface area contributed by atoms with Crippen molar-refractivity contribution in [2.45, 2.75) is 32.7 Å². The fourth-order valence-corrected chi connectivity index (χ4v) is 2.52. The van der Waals surface area contributed by atoms with Gasteiger partial charge < -0.3 is 10.5 Å². The third-order valence-electron chi connectivity index (χ3n) is 3.10. The quantitative estimate of drug-likeness (QED) is 0.861. The van der Waals surface area contributed by atoms with Crippen LogP contribution in [0.25, 0.3) is 0 Å². The van der Waals surface area contributed by atoms with E-state index in [9.17, 15) is 0 Å². The molecule has 106 valence electrons. The van der Waals surface area contributed by atoms with Crippen LogP contribution in [-0.2, 0) is 12.8 Å². The highest BCUT2D eigenvalue weighted by molar-refractivity contribution is 9.10. The van der Waals surface area contributed by atoms with E-state index >= 15 is 0 Å². The van der Waals surface area contributed by atoms with Gasteiger partial charge in [-0.05, 0) is 61.2 Å². The zero-order chi connectivity index (χ0) is 14.5. The maximum Gasteiger partial charge on any atom is 0.130 e. The SMILES string of the molecule is CCc1cccc(Oc2ccc(Br)cc2CC(C)N)c1. The minimum absolute atomic E-state index is 0.105. The van der Waals surface area contributed by atoms with Crippen LogP contribution in [0.1, 0.15) is 25.0 Å². The van der Waals surface area contributed by atoms with E-state index in [1.165, 1.54) is 5.56 Å². The molecule has 2 aromatic carbocycles. The number of rotatable bonds is 5. The Balaban J connectivity index is 2.27. The molecule has 0 spiro atoms. The number of ether oxygens (including phenoxy) is 1. The van der Waals surface area contributed by atoms with Gasteiger partial charge in [0.25, 0.3) is 0 Å². The van der Waals surface area contributed by atoms with Gasteiger partial charge in [0.15, 0.2) is 0 Å². The molecule has 0 saturated heterocycles. The molecule has 0 bridgehead atoms. The maximum atomic E-state index is 6.03. The minimum Gasteiger partial charge on any atom is -0.457 e. The lowest BCUT2D eigenvalue weighted by Gasteiger charge is -2.14. The average Bonchev–Trinajstić information content (AvgIpc) is 2.41. The minimum atomic E-state index is 0.105. The molecule has 2 N–H and O–H groups in total. The van der Waals surface area contributed by atoms with Gasteiger partial charge in [0.2, 0.25) is 0 Å². The first kappa shape index (κ1) is 15.1. The summed E-state index contributed by atoms with van der Waals surface area (Å²) in [6.45, 7) is 4.14. The second-order valence-electron chi connectivity index (χ2n) is 5.04. The van der Waals surface area contributed by atoms with Crippen LogP contribution in [-0.4, -0.2) is 6.04 Å². The molecule has 3 heteroatoms. The third-order valence-corrected chi connectivity index (χ3v) is 3.59. The molecular formula is C17H20BrNO. The molecule has 0 heterocycles. The van der Waals surface area contributed by atoms with Crippen LogP contribution in [0.4, 0.5) is 0 Å². The number of aryl methyl sites for hydroxylation is 1. The van der Waals surface area contributed by atoms with Crippen molar-refractivity contribution < 1.29 is 4.74 Å². The zero-order valence-corrected chi connectivity index (χ0v) is 13.5. The van der Waals surface area contributed by atoms with Crippen molar-refractivity contribution in [3.05, 3.63) is 58.1 Å². The Bertz CT molecular complexity index is 581. The summed E-state index contributed by atoms with van der Waals surface area (Å²) in [7, 11) is 0. The van der Waals surface area contributed by atoms with Crippen LogP contribution in [0.3, 0.4) is 0 Å². The van der Waals surface area contributed by atoms with Crippen LogP contribution < -0.4 is 10.5 Å². The van der Waals surface area contributed by atoms with Gasteiger partial charge in [0.05, 0.1) is 0 Å². The molecule has 0 aromatic heterocycles. The first-order valence-corrected chi connectivity index (χ1v) is 7.68. The molecule has 0 amide bonds. The first-order chi connectivity index (χ1) is 9.58. The Morgan fingerprint density at radius 1 is 1.20 bits per heavy atom. The molecule has 0 radical (unpaired) electrons. The van der Waals surface area contributed by atoms with Crippen LogP contribution in [0.5, 0.6) is 11.5 Å². The normalized spacial score (nSPS) is 12.2. The summed E-state index contributed by atoms with van der Waals surface area (Å²) in [5.41, 5.74) is 8.30.